The Morgan fingerprint density at radius 3 is 1.58 bits per heavy atom. The van der Waals surface area contributed by atoms with Crippen molar-refractivity contribution in [1.29, 1.82) is 0 Å². The van der Waals surface area contributed by atoms with E-state index in [0.717, 1.165) is 12.8 Å². The molecule has 0 saturated heterocycles. The van der Waals surface area contributed by atoms with Gasteiger partial charge in [-0.2, -0.15) is 0 Å². The van der Waals surface area contributed by atoms with E-state index in [1.54, 1.807) is 15.3 Å². The first-order valence-corrected chi connectivity index (χ1v) is 22.5. The molecule has 0 unspecified atom stereocenters. The monoisotopic (exact) mass is 750 g/mol. The Hall–Kier alpha value is -4.45. The fourth-order valence-corrected chi connectivity index (χ4v) is 16.8. The van der Waals surface area contributed by atoms with Crippen molar-refractivity contribution in [2.24, 2.45) is 0 Å². The number of fused-ring (bicyclic) bond motifs is 3. The third-order valence-corrected chi connectivity index (χ3v) is 18.5. The van der Waals surface area contributed by atoms with Crippen LogP contribution in [0.25, 0.3) is 33.4 Å². The van der Waals surface area contributed by atoms with Crippen LogP contribution in [0.1, 0.15) is 81.3 Å². The van der Waals surface area contributed by atoms with E-state index < -0.39 is 21.3 Å². The van der Waals surface area contributed by atoms with Gasteiger partial charge in [-0.1, -0.05) is 0 Å². The molecule has 0 N–H and O–H groups in total. The molecular weight excluding hydrogens is 704 g/mol. The first-order chi connectivity index (χ1) is 25.1. The summed E-state index contributed by atoms with van der Waals surface area (Å²) in [4.78, 5) is 0. The maximum atomic E-state index is 2.61. The van der Waals surface area contributed by atoms with Crippen molar-refractivity contribution in [2.75, 3.05) is 0 Å². The first-order valence-electron chi connectivity index (χ1n) is 18.8. The molecule has 1 heteroatoms. The number of allylic oxidation sites excluding steroid dienone is 4. The van der Waals surface area contributed by atoms with Crippen molar-refractivity contribution in [3.05, 3.63) is 194 Å². The summed E-state index contributed by atoms with van der Waals surface area (Å²) in [5.41, 5.74) is 16.9. The van der Waals surface area contributed by atoms with Crippen LogP contribution in [-0.4, -0.2) is 3.21 Å². The van der Waals surface area contributed by atoms with Gasteiger partial charge in [-0.3, -0.25) is 0 Å². The van der Waals surface area contributed by atoms with Gasteiger partial charge in [0.2, 0.25) is 0 Å². The van der Waals surface area contributed by atoms with Gasteiger partial charge < -0.3 is 0 Å². The van der Waals surface area contributed by atoms with E-state index in [0.29, 0.717) is 0 Å². The average molecular weight is 752 g/mol. The maximum absolute atomic E-state index is 3.00. The molecule has 0 aliphatic heterocycles. The third kappa shape index (κ3) is 6.43. The molecule has 0 atom stereocenters. The van der Waals surface area contributed by atoms with Crippen LogP contribution in [-0.2, 0) is 38.5 Å². The van der Waals surface area contributed by atoms with Crippen molar-refractivity contribution in [3.63, 3.8) is 0 Å². The van der Waals surface area contributed by atoms with Gasteiger partial charge in [0, 0.05) is 0 Å². The zero-order valence-corrected chi connectivity index (χ0v) is 33.9. The van der Waals surface area contributed by atoms with Crippen LogP contribution in [0.4, 0.5) is 0 Å². The molecular formula is C51H48Zr. The molecule has 0 nitrogen and oxygen atoms in total. The van der Waals surface area contributed by atoms with Gasteiger partial charge in [0.15, 0.2) is 0 Å². The van der Waals surface area contributed by atoms with Crippen molar-refractivity contribution in [1.82, 2.24) is 0 Å². The second-order valence-electron chi connectivity index (χ2n) is 16.5. The quantitative estimate of drug-likeness (QED) is 0.159. The van der Waals surface area contributed by atoms with E-state index in [1.165, 1.54) is 61.2 Å². The minimum atomic E-state index is -3.00. The Morgan fingerprint density at radius 2 is 1.06 bits per heavy atom. The zero-order chi connectivity index (χ0) is 36.0. The van der Waals surface area contributed by atoms with Gasteiger partial charge in [-0.15, -0.1) is 0 Å². The van der Waals surface area contributed by atoms with E-state index in [1.807, 2.05) is 0 Å². The van der Waals surface area contributed by atoms with Crippen LogP contribution in [0.2, 0.25) is 0 Å². The van der Waals surface area contributed by atoms with Crippen LogP contribution in [0, 0.1) is 0 Å². The Bertz CT molecular complexity index is 2320. The molecule has 2 aliphatic rings. The summed E-state index contributed by atoms with van der Waals surface area (Å²) < 4.78 is 4.87. The molecule has 8 rings (SSSR count). The van der Waals surface area contributed by atoms with Gasteiger partial charge in [0.25, 0.3) is 0 Å². The fourth-order valence-electron chi connectivity index (χ4n) is 8.37. The topological polar surface area (TPSA) is 0 Å². The summed E-state index contributed by atoms with van der Waals surface area (Å²) in [6.07, 6.45) is 9.17. The van der Waals surface area contributed by atoms with Crippen molar-refractivity contribution in [3.8, 4) is 33.4 Å². The van der Waals surface area contributed by atoms with Gasteiger partial charge in [0.1, 0.15) is 0 Å². The molecule has 0 saturated carbocycles. The van der Waals surface area contributed by atoms with Crippen LogP contribution in [0.3, 0.4) is 0 Å². The second kappa shape index (κ2) is 13.8. The molecule has 0 fully saturated rings. The summed E-state index contributed by atoms with van der Waals surface area (Å²) in [5.74, 6) is 0. The summed E-state index contributed by atoms with van der Waals surface area (Å²) in [7, 11) is 0. The number of rotatable bonds is 6. The molecule has 6 aromatic rings. The number of hydrogen-bond donors (Lipinski definition) is 0. The van der Waals surface area contributed by atoms with E-state index in [4.69, 9.17) is 0 Å². The SMILES string of the molecule is CC(C)(C)c1cc2c(cc1-c1ccccc1)Cc1c-2cc(C(C)(C)C)c(-c2ccccc2)[c]1[Zr]([C]1=CC=CC1)=[C](c1ccccc1)c1ccccc1. The number of hydrogen-bond acceptors (Lipinski definition) is 0. The molecule has 256 valence electrons. The van der Waals surface area contributed by atoms with Gasteiger partial charge >= 0.3 is 321 Å². The average Bonchev–Trinajstić information content (AvgIpc) is 3.82. The van der Waals surface area contributed by atoms with E-state index in [2.05, 4.69) is 199 Å². The molecule has 6 aromatic carbocycles. The van der Waals surface area contributed by atoms with Crippen LogP contribution >= 0.6 is 0 Å². The van der Waals surface area contributed by atoms with Crippen LogP contribution in [0.5, 0.6) is 0 Å². The predicted molar refractivity (Wildman–Crippen MR) is 221 cm³/mol. The normalized spacial score (nSPS) is 13.5. The fraction of sp³-hybridized carbons (Fsp3) is 0.196. The zero-order valence-electron chi connectivity index (χ0n) is 31.4. The van der Waals surface area contributed by atoms with Gasteiger partial charge in [-0.25, -0.2) is 0 Å². The minimum absolute atomic E-state index is 0.00849. The summed E-state index contributed by atoms with van der Waals surface area (Å²) in [6, 6.07) is 52.8. The Balaban J connectivity index is 1.55. The molecule has 52 heavy (non-hydrogen) atoms. The second-order valence-corrected chi connectivity index (χ2v) is 22.4. The molecule has 0 spiro atoms. The molecule has 0 radical (unpaired) electrons. The van der Waals surface area contributed by atoms with Gasteiger partial charge in [0.05, 0.1) is 0 Å². The van der Waals surface area contributed by atoms with E-state index >= 15 is 0 Å². The standard InChI is InChI=1S/C33H33.C13H10.C5H5.Zr/c1-32(2,3)30-20-26-24(18-28(30)22-13-9-7-10-14-22)17-25-19-29(23-15-11-8-12-16-23)31(21-27(25)26)33(4,5)6;1-3-7-12(8-4-1)11-13-9-5-2-6-10-13;1-2-4-5-3-1;/h7-16,18,20-21H,17H2,1-6H3;1-10H;1-3H,4H2;. The molecule has 0 aromatic heterocycles. The molecule has 0 amide bonds. The Morgan fingerprint density at radius 1 is 0.538 bits per heavy atom. The van der Waals surface area contributed by atoms with Gasteiger partial charge in [-0.05, 0) is 0 Å². The number of benzene rings is 6. The predicted octanol–water partition coefficient (Wildman–Crippen LogP) is 12.5. The van der Waals surface area contributed by atoms with Crippen molar-refractivity contribution < 1.29 is 21.3 Å². The van der Waals surface area contributed by atoms with Crippen molar-refractivity contribution >= 4 is 6.48 Å². The van der Waals surface area contributed by atoms with Crippen LogP contribution in [0.15, 0.2) is 161 Å². The summed E-state index contributed by atoms with van der Waals surface area (Å²) in [5, 5.41) is 0. The van der Waals surface area contributed by atoms with Crippen LogP contribution < -0.4 is 3.27 Å². The van der Waals surface area contributed by atoms with E-state index in [-0.39, 0.29) is 10.8 Å². The molecule has 0 heterocycles. The summed E-state index contributed by atoms with van der Waals surface area (Å²) >= 11 is -3.00. The first kappa shape index (κ1) is 34.6. The summed E-state index contributed by atoms with van der Waals surface area (Å²) in [6.45, 7) is 14.4. The van der Waals surface area contributed by atoms with E-state index in [9.17, 15) is 0 Å². The Labute approximate surface area is 318 Å². The molecule has 0 bridgehead atoms. The Kier molecular flexibility index (Phi) is 9.21. The van der Waals surface area contributed by atoms with Crippen molar-refractivity contribution in [2.45, 2.75) is 65.2 Å². The molecule has 2 aliphatic carbocycles. The third-order valence-electron chi connectivity index (χ3n) is 10.8.